The molecule has 0 saturated heterocycles. The smallest absolute Gasteiger partial charge is 0.248 e. The van der Waals surface area contributed by atoms with Crippen LogP contribution in [-0.4, -0.2) is 23.4 Å². The van der Waals surface area contributed by atoms with Crippen molar-refractivity contribution in [2.45, 2.75) is 13.0 Å². The van der Waals surface area contributed by atoms with E-state index in [4.69, 9.17) is 0 Å². The second-order valence-corrected chi connectivity index (χ2v) is 4.26. The van der Waals surface area contributed by atoms with E-state index in [1.165, 1.54) is 0 Å². The third-order valence-corrected chi connectivity index (χ3v) is 2.93. The van der Waals surface area contributed by atoms with Gasteiger partial charge < -0.3 is 10.2 Å². The van der Waals surface area contributed by atoms with Crippen molar-refractivity contribution >= 4 is 11.6 Å². The molecule has 2 rings (SSSR count). The Kier molecular flexibility index (Phi) is 4.56. The van der Waals surface area contributed by atoms with Crippen molar-refractivity contribution in [1.82, 2.24) is 4.90 Å². The molecule has 0 aromatic heterocycles. The minimum absolute atomic E-state index is 0.106. The number of nitrogens with zero attached hydrogens (tertiary/aromatic N) is 1. The molecule has 1 aliphatic rings. The summed E-state index contributed by atoms with van der Waals surface area (Å²) >= 11 is 0. The number of para-hydroxylation sites is 1. The standard InChI is InChI=1S/C16H18N2O/c1-2-18-13-7-6-10-15(18)11-12-16(19)17-14-8-4-3-5-9-14/h3-13,15H,2H2,1H3,(H,17,19)/b12-11+. The summed E-state index contributed by atoms with van der Waals surface area (Å²) in [7, 11) is 0. The van der Waals surface area contributed by atoms with Gasteiger partial charge in [-0.05, 0) is 31.3 Å². The van der Waals surface area contributed by atoms with Crippen LogP contribution in [-0.2, 0) is 4.79 Å². The molecule has 1 amide bonds. The summed E-state index contributed by atoms with van der Waals surface area (Å²) in [5, 5.41) is 2.83. The average Bonchev–Trinajstić information content (AvgIpc) is 2.46. The van der Waals surface area contributed by atoms with E-state index in [1.54, 1.807) is 6.08 Å². The van der Waals surface area contributed by atoms with Gasteiger partial charge in [0.1, 0.15) is 0 Å². The van der Waals surface area contributed by atoms with Gasteiger partial charge in [0.2, 0.25) is 5.91 Å². The highest BCUT2D eigenvalue weighted by Crippen LogP contribution is 2.10. The number of anilines is 1. The van der Waals surface area contributed by atoms with Crippen LogP contribution in [0.1, 0.15) is 6.92 Å². The maximum atomic E-state index is 11.8. The van der Waals surface area contributed by atoms with Crippen molar-refractivity contribution in [3.63, 3.8) is 0 Å². The fourth-order valence-corrected chi connectivity index (χ4v) is 1.93. The Hall–Kier alpha value is -2.29. The summed E-state index contributed by atoms with van der Waals surface area (Å²) in [5.74, 6) is -0.106. The van der Waals surface area contributed by atoms with Crippen molar-refractivity contribution in [3.8, 4) is 0 Å². The normalized spacial score (nSPS) is 17.9. The van der Waals surface area contributed by atoms with E-state index in [0.29, 0.717) is 0 Å². The van der Waals surface area contributed by atoms with E-state index < -0.39 is 0 Å². The molecule has 0 radical (unpaired) electrons. The SMILES string of the molecule is CCN1C=CC=CC1/C=C/C(=O)Nc1ccccc1. The van der Waals surface area contributed by atoms with Crippen molar-refractivity contribution in [1.29, 1.82) is 0 Å². The summed E-state index contributed by atoms with van der Waals surface area (Å²) in [6, 6.07) is 9.60. The van der Waals surface area contributed by atoms with Crippen LogP contribution >= 0.6 is 0 Å². The maximum absolute atomic E-state index is 11.8. The van der Waals surface area contributed by atoms with Crippen molar-refractivity contribution in [2.75, 3.05) is 11.9 Å². The van der Waals surface area contributed by atoms with Gasteiger partial charge in [-0.3, -0.25) is 4.79 Å². The third kappa shape index (κ3) is 3.85. The number of amides is 1. The zero-order chi connectivity index (χ0) is 13.5. The lowest BCUT2D eigenvalue weighted by atomic mass is 10.1. The molecule has 98 valence electrons. The van der Waals surface area contributed by atoms with Gasteiger partial charge in [-0.25, -0.2) is 0 Å². The molecule has 3 nitrogen and oxygen atoms in total. The Balaban J connectivity index is 1.93. The Bertz CT molecular complexity index is 503. The first-order valence-corrected chi connectivity index (χ1v) is 6.44. The second-order valence-electron chi connectivity index (χ2n) is 4.26. The van der Waals surface area contributed by atoms with Gasteiger partial charge >= 0.3 is 0 Å². The minimum atomic E-state index is -0.106. The summed E-state index contributed by atoms with van der Waals surface area (Å²) in [4.78, 5) is 14.0. The molecule has 1 aromatic rings. The second kappa shape index (κ2) is 6.59. The number of likely N-dealkylation sites (N-methyl/N-ethyl adjacent to an activating group) is 1. The molecular weight excluding hydrogens is 236 g/mol. The van der Waals surface area contributed by atoms with Gasteiger partial charge in [-0.1, -0.05) is 36.4 Å². The van der Waals surface area contributed by atoms with Crippen LogP contribution < -0.4 is 5.32 Å². The van der Waals surface area contributed by atoms with E-state index in [2.05, 4.69) is 23.2 Å². The Morgan fingerprint density at radius 2 is 2.11 bits per heavy atom. The first-order valence-electron chi connectivity index (χ1n) is 6.44. The highest BCUT2D eigenvalue weighted by atomic mass is 16.1. The number of benzene rings is 1. The lowest BCUT2D eigenvalue weighted by molar-refractivity contribution is -0.111. The van der Waals surface area contributed by atoms with Crippen LogP contribution in [0, 0.1) is 0 Å². The van der Waals surface area contributed by atoms with E-state index in [1.807, 2.05) is 54.8 Å². The zero-order valence-corrected chi connectivity index (χ0v) is 11.0. The maximum Gasteiger partial charge on any atom is 0.248 e. The molecule has 0 aliphatic carbocycles. The highest BCUT2D eigenvalue weighted by Gasteiger charge is 2.09. The molecule has 0 fully saturated rings. The lowest BCUT2D eigenvalue weighted by Crippen LogP contribution is -2.28. The predicted molar refractivity (Wildman–Crippen MR) is 78.7 cm³/mol. The van der Waals surface area contributed by atoms with E-state index in [9.17, 15) is 4.79 Å². The third-order valence-electron chi connectivity index (χ3n) is 2.93. The van der Waals surface area contributed by atoms with Gasteiger partial charge in [0, 0.05) is 18.3 Å². The summed E-state index contributed by atoms with van der Waals surface area (Å²) < 4.78 is 0. The van der Waals surface area contributed by atoms with Crippen molar-refractivity contribution < 1.29 is 4.79 Å². The van der Waals surface area contributed by atoms with E-state index >= 15 is 0 Å². The summed E-state index contributed by atoms with van der Waals surface area (Å²) in [6.07, 6.45) is 11.6. The molecule has 19 heavy (non-hydrogen) atoms. The monoisotopic (exact) mass is 254 g/mol. The van der Waals surface area contributed by atoms with Crippen LogP contribution in [0.2, 0.25) is 0 Å². The molecule has 0 bridgehead atoms. The van der Waals surface area contributed by atoms with E-state index in [0.717, 1.165) is 12.2 Å². The van der Waals surface area contributed by atoms with Crippen LogP contribution in [0.3, 0.4) is 0 Å². The first kappa shape index (κ1) is 13.1. The molecule has 1 atom stereocenters. The number of allylic oxidation sites excluding steroid dienone is 2. The van der Waals surface area contributed by atoms with Gasteiger partial charge in [0.15, 0.2) is 0 Å². The summed E-state index contributed by atoms with van der Waals surface area (Å²) in [6.45, 7) is 3.00. The summed E-state index contributed by atoms with van der Waals surface area (Å²) in [5.41, 5.74) is 0.809. The number of hydrogen-bond donors (Lipinski definition) is 1. The number of rotatable bonds is 4. The number of carbonyl (C=O) groups is 1. The Morgan fingerprint density at radius 3 is 2.84 bits per heavy atom. The van der Waals surface area contributed by atoms with Gasteiger partial charge in [-0.2, -0.15) is 0 Å². The molecular formula is C16H18N2O. The van der Waals surface area contributed by atoms with Crippen molar-refractivity contribution in [2.24, 2.45) is 0 Å². The Morgan fingerprint density at radius 1 is 1.32 bits per heavy atom. The fourth-order valence-electron chi connectivity index (χ4n) is 1.93. The van der Waals surface area contributed by atoms with Gasteiger partial charge in [0.05, 0.1) is 6.04 Å². The quantitative estimate of drug-likeness (QED) is 0.838. The molecule has 1 N–H and O–H groups in total. The van der Waals surface area contributed by atoms with Crippen molar-refractivity contribution in [3.05, 3.63) is 66.9 Å². The minimum Gasteiger partial charge on any atom is -0.368 e. The van der Waals surface area contributed by atoms with Crippen LogP contribution in [0.5, 0.6) is 0 Å². The molecule has 1 unspecified atom stereocenters. The fraction of sp³-hybridized carbons (Fsp3) is 0.188. The molecule has 1 aliphatic heterocycles. The number of nitrogens with one attached hydrogen (secondary N) is 1. The van der Waals surface area contributed by atoms with E-state index in [-0.39, 0.29) is 11.9 Å². The Labute approximate surface area is 113 Å². The van der Waals surface area contributed by atoms with Gasteiger partial charge in [-0.15, -0.1) is 0 Å². The lowest BCUT2D eigenvalue weighted by Gasteiger charge is -2.26. The highest BCUT2D eigenvalue weighted by molar-refractivity contribution is 5.99. The molecule has 1 heterocycles. The molecule has 3 heteroatoms. The predicted octanol–water partition coefficient (Wildman–Crippen LogP) is 2.96. The number of carbonyl (C=O) groups excluding carboxylic acids is 1. The molecule has 1 aromatic carbocycles. The first-order chi connectivity index (χ1) is 9.29. The topological polar surface area (TPSA) is 32.3 Å². The van der Waals surface area contributed by atoms with Crippen LogP contribution in [0.15, 0.2) is 66.9 Å². The molecule has 0 saturated carbocycles. The number of hydrogen-bond acceptors (Lipinski definition) is 2. The largest absolute Gasteiger partial charge is 0.368 e. The zero-order valence-electron chi connectivity index (χ0n) is 11.0. The van der Waals surface area contributed by atoms with Gasteiger partial charge in [0.25, 0.3) is 0 Å². The average molecular weight is 254 g/mol. The van der Waals surface area contributed by atoms with Crippen LogP contribution in [0.4, 0.5) is 5.69 Å². The van der Waals surface area contributed by atoms with Crippen LogP contribution in [0.25, 0.3) is 0 Å². The molecule has 0 spiro atoms.